The van der Waals surface area contributed by atoms with E-state index in [0.717, 1.165) is 42.7 Å². The Labute approximate surface area is 163 Å². The van der Waals surface area contributed by atoms with E-state index in [1.165, 1.54) is 5.56 Å². The summed E-state index contributed by atoms with van der Waals surface area (Å²) in [6.45, 7) is 4.15. The second-order valence-corrected chi connectivity index (χ2v) is 7.70. The highest BCUT2D eigenvalue weighted by atomic mass is 32.1. The molecule has 1 saturated heterocycles. The molecule has 0 spiro atoms. The van der Waals surface area contributed by atoms with Gasteiger partial charge in [0.25, 0.3) is 0 Å². The lowest BCUT2D eigenvalue weighted by Gasteiger charge is -2.21. The highest BCUT2D eigenvalue weighted by Crippen LogP contribution is 2.18. The lowest BCUT2D eigenvalue weighted by Crippen LogP contribution is -2.39. The summed E-state index contributed by atoms with van der Waals surface area (Å²) in [4.78, 5) is 12.4. The maximum atomic E-state index is 5.92. The predicted molar refractivity (Wildman–Crippen MR) is 109 cm³/mol. The number of fused-ring (bicyclic) bond motifs is 1. The summed E-state index contributed by atoms with van der Waals surface area (Å²) < 4.78 is 7.98. The van der Waals surface area contributed by atoms with E-state index in [2.05, 4.69) is 55.1 Å². The molecule has 0 aliphatic carbocycles. The minimum atomic E-state index is 0.546. The molecular formula is C20H25N5OS. The Bertz CT molecular complexity index is 860. The number of ether oxygens (including phenoxy) is 1. The summed E-state index contributed by atoms with van der Waals surface area (Å²) in [5, 5.41) is 5.49. The molecule has 142 valence electrons. The van der Waals surface area contributed by atoms with Crippen LogP contribution in [-0.4, -0.2) is 47.0 Å². The van der Waals surface area contributed by atoms with Crippen LogP contribution in [0.5, 0.6) is 0 Å². The molecule has 3 heterocycles. The summed E-state index contributed by atoms with van der Waals surface area (Å²) in [5.74, 6) is 1.49. The average Bonchev–Trinajstić information content (AvgIpc) is 3.40. The molecule has 1 unspecified atom stereocenters. The fraction of sp³-hybridized carbons (Fsp3) is 0.400. The summed E-state index contributed by atoms with van der Waals surface area (Å²) in [6, 6.07) is 10.3. The molecule has 0 bridgehead atoms. The van der Waals surface area contributed by atoms with E-state index in [1.807, 2.05) is 24.7 Å². The molecule has 1 N–H and O–H groups in total. The number of guanidine groups is 1. The Morgan fingerprint density at radius 1 is 1.37 bits per heavy atom. The Hall–Kier alpha value is -2.38. The van der Waals surface area contributed by atoms with Gasteiger partial charge < -0.3 is 15.0 Å². The number of likely N-dealkylation sites (tertiary alicyclic amines) is 1. The summed E-state index contributed by atoms with van der Waals surface area (Å²) >= 11 is 1.65. The fourth-order valence-corrected chi connectivity index (χ4v) is 4.16. The normalized spacial score (nSPS) is 17.7. The maximum absolute atomic E-state index is 5.92. The Balaban J connectivity index is 1.23. The first kappa shape index (κ1) is 18.0. The van der Waals surface area contributed by atoms with Gasteiger partial charge in [-0.2, -0.15) is 0 Å². The highest BCUT2D eigenvalue weighted by molar-refractivity contribution is 7.15. The van der Waals surface area contributed by atoms with Gasteiger partial charge in [-0.3, -0.25) is 9.39 Å². The number of thiazole rings is 1. The summed E-state index contributed by atoms with van der Waals surface area (Å²) in [7, 11) is 1.84. The summed E-state index contributed by atoms with van der Waals surface area (Å²) in [5.41, 5.74) is 2.26. The summed E-state index contributed by atoms with van der Waals surface area (Å²) in [6.07, 6.45) is 5.23. The lowest BCUT2D eigenvalue weighted by atomic mass is 10.1. The number of hydrogen-bond acceptors (Lipinski definition) is 4. The van der Waals surface area contributed by atoms with Gasteiger partial charge in [0.2, 0.25) is 0 Å². The number of nitrogens with zero attached hydrogens (tertiary/aromatic N) is 4. The molecule has 1 aliphatic rings. The van der Waals surface area contributed by atoms with Gasteiger partial charge in [-0.1, -0.05) is 30.3 Å². The average molecular weight is 384 g/mol. The molecule has 4 rings (SSSR count). The van der Waals surface area contributed by atoms with Crippen LogP contribution in [-0.2, 0) is 17.9 Å². The fourth-order valence-electron chi connectivity index (χ4n) is 3.44. The number of aliphatic imine (C=N–C) groups is 1. The standard InChI is InChI=1S/C20H25N5OS/c1-21-19(22-11-18-13-25-9-10-27-20(25)23-18)24-8-7-17(12-24)15-26-14-16-5-3-2-4-6-16/h2-6,9-10,13,17H,7-8,11-12,14-15H2,1H3,(H,21,22). The Morgan fingerprint density at radius 2 is 2.26 bits per heavy atom. The van der Waals surface area contributed by atoms with Crippen LogP contribution >= 0.6 is 11.3 Å². The highest BCUT2D eigenvalue weighted by Gasteiger charge is 2.25. The van der Waals surface area contributed by atoms with Crippen LogP contribution < -0.4 is 5.32 Å². The zero-order chi connectivity index (χ0) is 18.5. The SMILES string of the molecule is CN=C(NCc1cn2ccsc2n1)N1CCC(COCc2ccccc2)C1. The van der Waals surface area contributed by atoms with Gasteiger partial charge in [-0.25, -0.2) is 4.98 Å². The second kappa shape index (κ2) is 8.54. The third kappa shape index (κ3) is 4.48. The van der Waals surface area contributed by atoms with Crippen molar-refractivity contribution in [1.82, 2.24) is 19.6 Å². The minimum Gasteiger partial charge on any atom is -0.376 e. The third-order valence-electron chi connectivity index (χ3n) is 4.83. The number of nitrogens with one attached hydrogen (secondary N) is 1. The minimum absolute atomic E-state index is 0.546. The van der Waals surface area contributed by atoms with Crippen LogP contribution in [0.25, 0.3) is 4.96 Å². The van der Waals surface area contributed by atoms with E-state index in [0.29, 0.717) is 19.1 Å². The van der Waals surface area contributed by atoms with E-state index >= 15 is 0 Å². The van der Waals surface area contributed by atoms with Crippen LogP contribution in [0.2, 0.25) is 0 Å². The number of benzene rings is 1. The first-order valence-corrected chi connectivity index (χ1v) is 10.2. The molecule has 2 aromatic heterocycles. The van der Waals surface area contributed by atoms with Crippen molar-refractivity contribution in [2.45, 2.75) is 19.6 Å². The van der Waals surface area contributed by atoms with Crippen molar-refractivity contribution in [2.75, 3.05) is 26.7 Å². The van der Waals surface area contributed by atoms with Crippen LogP contribution in [0.4, 0.5) is 0 Å². The molecule has 6 nitrogen and oxygen atoms in total. The molecule has 3 aromatic rings. The molecular weight excluding hydrogens is 358 g/mol. The molecule has 0 amide bonds. The van der Waals surface area contributed by atoms with Gasteiger partial charge in [0, 0.05) is 43.8 Å². The van der Waals surface area contributed by atoms with E-state index in [4.69, 9.17) is 4.74 Å². The van der Waals surface area contributed by atoms with Crippen molar-refractivity contribution in [3.63, 3.8) is 0 Å². The van der Waals surface area contributed by atoms with Crippen molar-refractivity contribution < 1.29 is 4.74 Å². The third-order valence-corrected chi connectivity index (χ3v) is 5.60. The maximum Gasteiger partial charge on any atom is 0.193 e. The molecule has 7 heteroatoms. The lowest BCUT2D eigenvalue weighted by molar-refractivity contribution is 0.0906. The van der Waals surface area contributed by atoms with Crippen LogP contribution in [0.15, 0.2) is 53.1 Å². The van der Waals surface area contributed by atoms with Gasteiger partial charge in [-0.05, 0) is 12.0 Å². The van der Waals surface area contributed by atoms with Crippen molar-refractivity contribution in [3.05, 3.63) is 59.4 Å². The van der Waals surface area contributed by atoms with E-state index in [-0.39, 0.29) is 0 Å². The van der Waals surface area contributed by atoms with Gasteiger partial charge >= 0.3 is 0 Å². The Morgan fingerprint density at radius 3 is 3.07 bits per heavy atom. The van der Waals surface area contributed by atoms with E-state index in [9.17, 15) is 0 Å². The number of rotatable bonds is 6. The van der Waals surface area contributed by atoms with Gasteiger partial charge in [0.1, 0.15) is 0 Å². The van der Waals surface area contributed by atoms with Gasteiger partial charge in [0.15, 0.2) is 10.9 Å². The zero-order valence-corrected chi connectivity index (χ0v) is 16.4. The van der Waals surface area contributed by atoms with Crippen molar-refractivity contribution in [2.24, 2.45) is 10.9 Å². The quantitative estimate of drug-likeness (QED) is 0.525. The first-order valence-electron chi connectivity index (χ1n) is 9.30. The number of hydrogen-bond donors (Lipinski definition) is 1. The van der Waals surface area contributed by atoms with Crippen LogP contribution in [0.1, 0.15) is 17.7 Å². The Kier molecular flexibility index (Phi) is 5.69. The van der Waals surface area contributed by atoms with Crippen molar-refractivity contribution >= 4 is 22.3 Å². The predicted octanol–water partition coefficient (Wildman–Crippen LogP) is 3.01. The smallest absolute Gasteiger partial charge is 0.193 e. The van der Waals surface area contributed by atoms with Crippen LogP contribution in [0.3, 0.4) is 0 Å². The second-order valence-electron chi connectivity index (χ2n) is 6.83. The molecule has 27 heavy (non-hydrogen) atoms. The molecule has 1 aliphatic heterocycles. The largest absolute Gasteiger partial charge is 0.376 e. The molecule has 1 atom stereocenters. The zero-order valence-electron chi connectivity index (χ0n) is 15.5. The monoisotopic (exact) mass is 383 g/mol. The van der Waals surface area contributed by atoms with E-state index < -0.39 is 0 Å². The van der Waals surface area contributed by atoms with Crippen LogP contribution in [0, 0.1) is 5.92 Å². The molecule has 0 saturated carbocycles. The van der Waals surface area contributed by atoms with Crippen molar-refractivity contribution in [1.29, 1.82) is 0 Å². The number of imidazole rings is 1. The van der Waals surface area contributed by atoms with Gasteiger partial charge in [0.05, 0.1) is 25.5 Å². The molecule has 1 fully saturated rings. The topological polar surface area (TPSA) is 54.2 Å². The van der Waals surface area contributed by atoms with Crippen molar-refractivity contribution in [3.8, 4) is 0 Å². The van der Waals surface area contributed by atoms with Gasteiger partial charge in [-0.15, -0.1) is 11.3 Å². The molecule has 1 aromatic carbocycles. The molecule has 0 radical (unpaired) electrons. The number of aromatic nitrogens is 2. The first-order chi connectivity index (χ1) is 13.3. The van der Waals surface area contributed by atoms with E-state index in [1.54, 1.807) is 11.3 Å².